The Morgan fingerprint density at radius 2 is 1.83 bits per heavy atom. The van der Waals surface area contributed by atoms with Crippen molar-refractivity contribution in [3.63, 3.8) is 0 Å². The molecule has 0 aromatic rings. The van der Waals surface area contributed by atoms with E-state index in [0.29, 0.717) is 6.42 Å². The van der Waals surface area contributed by atoms with E-state index in [-0.39, 0.29) is 5.91 Å². The van der Waals surface area contributed by atoms with Gasteiger partial charge in [0.1, 0.15) is 0 Å². The molecule has 1 aliphatic rings. The van der Waals surface area contributed by atoms with Crippen molar-refractivity contribution in [2.45, 2.75) is 39.0 Å². The Balaban J connectivity index is 1.90. The van der Waals surface area contributed by atoms with Gasteiger partial charge in [0, 0.05) is 39.1 Å². The molecule has 1 fully saturated rings. The van der Waals surface area contributed by atoms with Crippen molar-refractivity contribution in [2.24, 2.45) is 0 Å². The number of piperazine rings is 1. The number of carbonyl (C=O) groups excluding carboxylic acids is 1. The lowest BCUT2D eigenvalue weighted by Crippen LogP contribution is -2.44. The second-order valence-corrected chi connectivity index (χ2v) is 5.31. The second-order valence-electron chi connectivity index (χ2n) is 5.31. The van der Waals surface area contributed by atoms with Crippen LogP contribution in [0, 0.1) is 0 Å². The van der Waals surface area contributed by atoms with Crippen LogP contribution in [0.3, 0.4) is 0 Å². The molecule has 1 heterocycles. The first-order valence-corrected chi connectivity index (χ1v) is 7.40. The topological polar surface area (TPSA) is 35.6 Å². The third kappa shape index (κ3) is 6.97. The van der Waals surface area contributed by atoms with Crippen molar-refractivity contribution >= 4 is 5.91 Å². The van der Waals surface area contributed by atoms with Gasteiger partial charge < -0.3 is 15.1 Å². The summed E-state index contributed by atoms with van der Waals surface area (Å²) in [4.78, 5) is 16.3. The molecule has 4 heteroatoms. The van der Waals surface area contributed by atoms with Crippen LogP contribution in [-0.4, -0.2) is 62.0 Å². The lowest BCUT2D eigenvalue weighted by atomic mass is 10.1. The van der Waals surface area contributed by atoms with Gasteiger partial charge in [0.2, 0.25) is 5.91 Å². The van der Waals surface area contributed by atoms with Gasteiger partial charge in [-0.25, -0.2) is 0 Å². The van der Waals surface area contributed by atoms with Crippen molar-refractivity contribution in [1.29, 1.82) is 0 Å². The van der Waals surface area contributed by atoms with Crippen molar-refractivity contribution < 1.29 is 4.79 Å². The van der Waals surface area contributed by atoms with Gasteiger partial charge in [-0.2, -0.15) is 0 Å². The number of amides is 1. The van der Waals surface area contributed by atoms with Gasteiger partial charge in [-0.05, 0) is 32.9 Å². The zero-order chi connectivity index (χ0) is 13.2. The summed E-state index contributed by atoms with van der Waals surface area (Å²) in [6.07, 6.45) is 5.15. The van der Waals surface area contributed by atoms with E-state index in [0.717, 1.165) is 19.4 Å². The molecular weight excluding hydrogens is 226 g/mol. The second kappa shape index (κ2) is 9.34. The molecule has 1 aliphatic heterocycles. The fourth-order valence-electron chi connectivity index (χ4n) is 2.22. The molecule has 1 N–H and O–H groups in total. The van der Waals surface area contributed by atoms with Crippen LogP contribution in [0.4, 0.5) is 0 Å². The maximum Gasteiger partial charge on any atom is 0.219 e. The summed E-state index contributed by atoms with van der Waals surface area (Å²) in [7, 11) is 2.19. The van der Waals surface area contributed by atoms with E-state index in [1.54, 1.807) is 0 Å². The number of carbonyl (C=O) groups is 1. The highest BCUT2D eigenvalue weighted by Gasteiger charge is 2.12. The van der Waals surface area contributed by atoms with Crippen LogP contribution in [0.1, 0.15) is 39.0 Å². The van der Waals surface area contributed by atoms with Crippen molar-refractivity contribution in [3.8, 4) is 0 Å². The molecule has 18 heavy (non-hydrogen) atoms. The van der Waals surface area contributed by atoms with E-state index >= 15 is 0 Å². The van der Waals surface area contributed by atoms with Gasteiger partial charge in [0.05, 0.1) is 0 Å². The van der Waals surface area contributed by atoms with Gasteiger partial charge in [0.25, 0.3) is 0 Å². The Morgan fingerprint density at radius 1 is 1.11 bits per heavy atom. The Morgan fingerprint density at radius 3 is 2.50 bits per heavy atom. The minimum Gasteiger partial charge on any atom is -0.356 e. The van der Waals surface area contributed by atoms with Gasteiger partial charge in [0.15, 0.2) is 0 Å². The molecular formula is C14H29N3O. The summed E-state index contributed by atoms with van der Waals surface area (Å²) in [5.74, 6) is 0.219. The van der Waals surface area contributed by atoms with E-state index in [1.165, 1.54) is 45.6 Å². The lowest BCUT2D eigenvalue weighted by molar-refractivity contribution is -0.121. The molecule has 1 rings (SSSR count). The first-order chi connectivity index (χ1) is 8.72. The monoisotopic (exact) mass is 255 g/mol. The van der Waals surface area contributed by atoms with Crippen LogP contribution in [0.15, 0.2) is 0 Å². The predicted octanol–water partition coefficient (Wildman–Crippen LogP) is 1.32. The molecule has 0 radical (unpaired) electrons. The number of rotatable bonds is 8. The SMILES string of the molecule is CCCNC(=O)CCCCCN1CCN(C)CC1. The molecule has 0 spiro atoms. The highest BCUT2D eigenvalue weighted by atomic mass is 16.1. The van der Waals surface area contributed by atoms with Crippen LogP contribution in [0.2, 0.25) is 0 Å². The average molecular weight is 255 g/mol. The predicted molar refractivity (Wildman–Crippen MR) is 75.7 cm³/mol. The lowest BCUT2D eigenvalue weighted by Gasteiger charge is -2.32. The highest BCUT2D eigenvalue weighted by molar-refractivity contribution is 5.75. The number of unbranched alkanes of at least 4 members (excludes halogenated alkanes) is 2. The maximum absolute atomic E-state index is 11.4. The maximum atomic E-state index is 11.4. The molecule has 0 aliphatic carbocycles. The van der Waals surface area contributed by atoms with Crippen LogP contribution in [0.5, 0.6) is 0 Å². The van der Waals surface area contributed by atoms with Crippen LogP contribution >= 0.6 is 0 Å². The zero-order valence-electron chi connectivity index (χ0n) is 12.1. The Bertz CT molecular complexity index is 225. The fraction of sp³-hybridized carbons (Fsp3) is 0.929. The average Bonchev–Trinajstić information content (AvgIpc) is 2.38. The Hall–Kier alpha value is -0.610. The minimum atomic E-state index is 0.219. The first kappa shape index (κ1) is 15.4. The smallest absolute Gasteiger partial charge is 0.219 e. The van der Waals surface area contributed by atoms with E-state index in [2.05, 4.69) is 29.1 Å². The quantitative estimate of drug-likeness (QED) is 0.665. The summed E-state index contributed by atoms with van der Waals surface area (Å²) in [6, 6.07) is 0. The number of hydrogen-bond donors (Lipinski definition) is 1. The van der Waals surface area contributed by atoms with Crippen molar-refractivity contribution in [1.82, 2.24) is 15.1 Å². The third-order valence-electron chi connectivity index (χ3n) is 3.55. The molecule has 0 saturated carbocycles. The van der Waals surface area contributed by atoms with E-state index < -0.39 is 0 Å². The normalized spacial score (nSPS) is 17.9. The standard InChI is InChI=1S/C14H29N3O/c1-3-8-15-14(18)7-5-4-6-9-17-12-10-16(2)11-13-17/h3-13H2,1-2H3,(H,15,18). The molecule has 4 nitrogen and oxygen atoms in total. The number of hydrogen-bond acceptors (Lipinski definition) is 3. The van der Waals surface area contributed by atoms with Crippen molar-refractivity contribution in [3.05, 3.63) is 0 Å². The van der Waals surface area contributed by atoms with Gasteiger partial charge >= 0.3 is 0 Å². The zero-order valence-corrected chi connectivity index (χ0v) is 12.1. The van der Waals surface area contributed by atoms with Crippen LogP contribution in [-0.2, 0) is 4.79 Å². The van der Waals surface area contributed by atoms with Gasteiger partial charge in [-0.1, -0.05) is 13.3 Å². The molecule has 0 atom stereocenters. The van der Waals surface area contributed by atoms with Crippen LogP contribution in [0.25, 0.3) is 0 Å². The Labute approximate surface area is 112 Å². The summed E-state index contributed by atoms with van der Waals surface area (Å²) < 4.78 is 0. The van der Waals surface area contributed by atoms with Gasteiger partial charge in [-0.15, -0.1) is 0 Å². The molecule has 0 aromatic heterocycles. The summed E-state index contributed by atoms with van der Waals surface area (Å²) in [6.45, 7) is 8.89. The summed E-state index contributed by atoms with van der Waals surface area (Å²) >= 11 is 0. The number of likely N-dealkylation sites (N-methyl/N-ethyl adjacent to an activating group) is 1. The van der Waals surface area contributed by atoms with Gasteiger partial charge in [-0.3, -0.25) is 4.79 Å². The number of nitrogens with one attached hydrogen (secondary N) is 1. The summed E-state index contributed by atoms with van der Waals surface area (Å²) in [5.41, 5.74) is 0. The number of nitrogens with zero attached hydrogens (tertiary/aromatic N) is 2. The van der Waals surface area contributed by atoms with E-state index in [1.807, 2.05) is 0 Å². The Kier molecular flexibility index (Phi) is 8.01. The third-order valence-corrected chi connectivity index (χ3v) is 3.55. The van der Waals surface area contributed by atoms with Crippen molar-refractivity contribution in [2.75, 3.05) is 46.3 Å². The minimum absolute atomic E-state index is 0.219. The molecule has 0 bridgehead atoms. The van der Waals surface area contributed by atoms with Crippen LogP contribution < -0.4 is 5.32 Å². The largest absolute Gasteiger partial charge is 0.356 e. The molecule has 0 unspecified atom stereocenters. The fourth-order valence-corrected chi connectivity index (χ4v) is 2.22. The van der Waals surface area contributed by atoms with E-state index in [9.17, 15) is 4.79 Å². The summed E-state index contributed by atoms with van der Waals surface area (Å²) in [5, 5.41) is 2.92. The molecule has 106 valence electrons. The van der Waals surface area contributed by atoms with E-state index in [4.69, 9.17) is 0 Å². The molecule has 1 amide bonds. The highest BCUT2D eigenvalue weighted by Crippen LogP contribution is 2.04. The molecule has 1 saturated heterocycles. The first-order valence-electron chi connectivity index (χ1n) is 7.40. The molecule has 0 aromatic carbocycles.